The van der Waals surface area contributed by atoms with E-state index >= 15 is 0 Å². The molecule has 1 aromatic heterocycles. The number of nitrogens with one attached hydrogen (secondary N) is 2. The van der Waals surface area contributed by atoms with Gasteiger partial charge in [0.2, 0.25) is 0 Å². The van der Waals surface area contributed by atoms with Crippen molar-refractivity contribution in [1.29, 1.82) is 0 Å². The molecule has 0 atom stereocenters. The number of esters is 1. The van der Waals surface area contributed by atoms with Gasteiger partial charge in [0.05, 0.1) is 24.1 Å². The topological polar surface area (TPSA) is 93.3 Å². The number of rotatable bonds is 6. The largest absolute Gasteiger partial charge is 0.495 e. The number of hydrogen-bond acceptors (Lipinski definition) is 5. The summed E-state index contributed by atoms with van der Waals surface area (Å²) in [4.78, 5) is 32.1. The van der Waals surface area contributed by atoms with Gasteiger partial charge in [0.25, 0.3) is 5.91 Å². The number of nitrogens with zero attached hydrogens (tertiary/aromatic N) is 1. The maximum Gasteiger partial charge on any atom is 0.338 e. The van der Waals surface area contributed by atoms with Gasteiger partial charge in [-0.3, -0.25) is 4.79 Å². The van der Waals surface area contributed by atoms with Crippen molar-refractivity contribution in [3.63, 3.8) is 0 Å². The van der Waals surface area contributed by atoms with Crippen LogP contribution in [0.4, 0.5) is 5.69 Å². The monoisotopic (exact) mass is 427 g/mol. The molecular weight excluding hydrogens is 406 g/mol. The minimum absolute atomic E-state index is 0.339. The zero-order valence-corrected chi connectivity index (χ0v) is 17.9. The highest BCUT2D eigenvalue weighted by atomic mass is 35.5. The average molecular weight is 428 g/mol. The van der Waals surface area contributed by atoms with Gasteiger partial charge < -0.3 is 19.8 Å². The van der Waals surface area contributed by atoms with Crippen LogP contribution in [0, 0.1) is 20.8 Å². The van der Waals surface area contributed by atoms with Crippen LogP contribution in [0.3, 0.4) is 0 Å². The number of benzene rings is 2. The molecule has 0 aliphatic heterocycles. The summed E-state index contributed by atoms with van der Waals surface area (Å²) >= 11 is 6.06. The predicted octanol–water partition coefficient (Wildman–Crippen LogP) is 4.46. The molecule has 1 amide bonds. The minimum Gasteiger partial charge on any atom is -0.495 e. The number of aromatic nitrogens is 2. The quantitative estimate of drug-likeness (QED) is 0.566. The van der Waals surface area contributed by atoms with E-state index in [-0.39, 0.29) is 0 Å². The van der Waals surface area contributed by atoms with Crippen molar-refractivity contribution in [3.8, 4) is 17.1 Å². The average Bonchev–Trinajstić information content (AvgIpc) is 3.07. The molecule has 0 fully saturated rings. The van der Waals surface area contributed by atoms with Crippen LogP contribution in [0.15, 0.2) is 36.4 Å². The first kappa shape index (κ1) is 21.4. The van der Waals surface area contributed by atoms with Crippen LogP contribution < -0.4 is 10.1 Å². The molecule has 7 nitrogen and oxygen atoms in total. The van der Waals surface area contributed by atoms with Crippen LogP contribution in [0.1, 0.15) is 27.3 Å². The molecule has 0 saturated heterocycles. The second-order valence-corrected chi connectivity index (χ2v) is 7.21. The zero-order chi connectivity index (χ0) is 21.8. The molecule has 0 radical (unpaired) electrons. The van der Waals surface area contributed by atoms with Gasteiger partial charge in [0.1, 0.15) is 11.6 Å². The number of ether oxygens (including phenoxy) is 2. The maximum atomic E-state index is 12.3. The molecular formula is C22H22ClN3O4. The van der Waals surface area contributed by atoms with E-state index in [4.69, 9.17) is 21.1 Å². The van der Waals surface area contributed by atoms with Crippen LogP contribution in [0.2, 0.25) is 5.02 Å². The first-order valence-electron chi connectivity index (χ1n) is 9.23. The van der Waals surface area contributed by atoms with Gasteiger partial charge in [-0.25, -0.2) is 9.78 Å². The number of carbonyl (C=O) groups excluding carboxylic acids is 2. The van der Waals surface area contributed by atoms with Crippen molar-refractivity contribution in [2.45, 2.75) is 20.8 Å². The normalized spacial score (nSPS) is 10.6. The van der Waals surface area contributed by atoms with Gasteiger partial charge in [0, 0.05) is 22.3 Å². The van der Waals surface area contributed by atoms with E-state index in [1.54, 1.807) is 36.4 Å². The van der Waals surface area contributed by atoms with Gasteiger partial charge in [0.15, 0.2) is 6.61 Å². The minimum atomic E-state index is -0.595. The maximum absolute atomic E-state index is 12.3. The lowest BCUT2D eigenvalue weighted by Crippen LogP contribution is -2.21. The van der Waals surface area contributed by atoms with E-state index in [1.165, 1.54) is 7.11 Å². The number of hydrogen-bond donors (Lipinski definition) is 2. The lowest BCUT2D eigenvalue weighted by atomic mass is 10.1. The number of methoxy groups -OCH3 is 1. The van der Waals surface area contributed by atoms with Crippen molar-refractivity contribution >= 4 is 29.2 Å². The lowest BCUT2D eigenvalue weighted by molar-refractivity contribution is -0.119. The number of aromatic amines is 1. The van der Waals surface area contributed by atoms with E-state index < -0.39 is 18.5 Å². The van der Waals surface area contributed by atoms with Crippen LogP contribution in [0.25, 0.3) is 11.4 Å². The van der Waals surface area contributed by atoms with Crippen molar-refractivity contribution in [3.05, 3.63) is 63.9 Å². The highest BCUT2D eigenvalue weighted by Gasteiger charge is 2.14. The van der Waals surface area contributed by atoms with E-state index in [1.807, 2.05) is 20.8 Å². The summed E-state index contributed by atoms with van der Waals surface area (Å²) in [6.45, 7) is 5.26. The van der Waals surface area contributed by atoms with Crippen LogP contribution in [-0.2, 0) is 9.53 Å². The van der Waals surface area contributed by atoms with Gasteiger partial charge in [-0.1, -0.05) is 23.7 Å². The molecule has 156 valence electrons. The molecule has 0 unspecified atom stereocenters. The molecule has 3 aromatic rings. The van der Waals surface area contributed by atoms with Crippen molar-refractivity contribution in [2.75, 3.05) is 19.0 Å². The second-order valence-electron chi connectivity index (χ2n) is 6.80. The van der Waals surface area contributed by atoms with Gasteiger partial charge >= 0.3 is 5.97 Å². The standard InChI is InChI=1S/C22H22ClN3O4/c1-12-9-18(19(29-4)10-17(12)23)26-20(27)11-30-22(28)16-7-5-15(6-8-16)21-24-13(2)14(3)25-21/h5-10H,11H2,1-4H3,(H,24,25)(H,26,27). The Morgan fingerprint density at radius 1 is 1.13 bits per heavy atom. The first-order valence-corrected chi connectivity index (χ1v) is 9.61. The van der Waals surface area contributed by atoms with E-state index in [2.05, 4.69) is 15.3 Å². The van der Waals surface area contributed by atoms with Crippen molar-refractivity contribution in [1.82, 2.24) is 9.97 Å². The highest BCUT2D eigenvalue weighted by molar-refractivity contribution is 6.31. The molecule has 0 bridgehead atoms. The first-order chi connectivity index (χ1) is 14.3. The molecule has 30 heavy (non-hydrogen) atoms. The molecule has 3 rings (SSSR count). The summed E-state index contributed by atoms with van der Waals surface area (Å²) in [5, 5.41) is 3.19. The van der Waals surface area contributed by atoms with E-state index in [9.17, 15) is 9.59 Å². The van der Waals surface area contributed by atoms with Gasteiger partial charge in [-0.15, -0.1) is 0 Å². The Morgan fingerprint density at radius 3 is 2.43 bits per heavy atom. The fourth-order valence-electron chi connectivity index (χ4n) is 2.78. The summed E-state index contributed by atoms with van der Waals surface area (Å²) in [6, 6.07) is 10.1. The van der Waals surface area contributed by atoms with E-state index in [0.29, 0.717) is 22.0 Å². The summed E-state index contributed by atoms with van der Waals surface area (Å²) in [5.41, 5.74) is 4.34. The third-order valence-electron chi connectivity index (χ3n) is 4.61. The van der Waals surface area contributed by atoms with Gasteiger partial charge in [-0.2, -0.15) is 0 Å². The molecule has 8 heteroatoms. The number of amides is 1. The Bertz CT molecular complexity index is 1070. The predicted molar refractivity (Wildman–Crippen MR) is 115 cm³/mol. The third kappa shape index (κ3) is 4.80. The summed E-state index contributed by atoms with van der Waals surface area (Å²) in [6.07, 6.45) is 0. The SMILES string of the molecule is COc1cc(Cl)c(C)cc1NC(=O)COC(=O)c1ccc(-c2nc(C)c(C)[nH]2)cc1. The Hall–Kier alpha value is -3.32. The highest BCUT2D eigenvalue weighted by Crippen LogP contribution is 2.30. The fourth-order valence-corrected chi connectivity index (χ4v) is 2.93. The van der Waals surface area contributed by atoms with Crippen LogP contribution >= 0.6 is 11.6 Å². The zero-order valence-electron chi connectivity index (χ0n) is 17.1. The summed E-state index contributed by atoms with van der Waals surface area (Å²) in [7, 11) is 1.48. The number of H-pyrrole nitrogens is 1. The smallest absolute Gasteiger partial charge is 0.338 e. The molecule has 2 aromatic carbocycles. The Morgan fingerprint density at radius 2 is 1.83 bits per heavy atom. The molecule has 0 saturated carbocycles. The number of anilines is 1. The molecule has 2 N–H and O–H groups in total. The molecule has 1 heterocycles. The van der Waals surface area contributed by atoms with Crippen molar-refractivity contribution in [2.24, 2.45) is 0 Å². The Kier molecular flexibility index (Phi) is 6.42. The third-order valence-corrected chi connectivity index (χ3v) is 5.02. The molecule has 0 aliphatic carbocycles. The number of aryl methyl sites for hydroxylation is 3. The lowest BCUT2D eigenvalue weighted by Gasteiger charge is -2.12. The summed E-state index contributed by atoms with van der Waals surface area (Å²) < 4.78 is 10.3. The Labute approximate surface area is 179 Å². The fraction of sp³-hybridized carbons (Fsp3) is 0.227. The van der Waals surface area contributed by atoms with Crippen LogP contribution in [0.5, 0.6) is 5.75 Å². The van der Waals surface area contributed by atoms with E-state index in [0.717, 1.165) is 28.3 Å². The van der Waals surface area contributed by atoms with Gasteiger partial charge in [-0.05, 0) is 44.5 Å². The Balaban J connectivity index is 1.60. The van der Waals surface area contributed by atoms with Crippen LogP contribution in [-0.4, -0.2) is 35.6 Å². The number of imidazole rings is 1. The second kappa shape index (κ2) is 9.00. The number of halogens is 1. The molecule has 0 spiro atoms. The summed E-state index contributed by atoms with van der Waals surface area (Å²) in [5.74, 6) is 0.0741. The number of carbonyl (C=O) groups is 2. The molecule has 0 aliphatic rings. The van der Waals surface area contributed by atoms with Crippen molar-refractivity contribution < 1.29 is 19.1 Å².